The Labute approximate surface area is 124 Å². The van der Waals surface area contributed by atoms with Crippen LogP contribution in [-0.2, 0) is 12.8 Å². The summed E-state index contributed by atoms with van der Waals surface area (Å²) >= 11 is 0. The van der Waals surface area contributed by atoms with Crippen LogP contribution in [-0.4, -0.2) is 34.3 Å². The van der Waals surface area contributed by atoms with Crippen LogP contribution in [0.5, 0.6) is 0 Å². The Morgan fingerprint density at radius 3 is 3.00 bits per heavy atom. The standard InChI is InChI=1S/C16H21N5/c17-14-5-2-8-21(10-14)16-18-15(19-20-16)13-7-6-11-3-1-4-12(11)9-13/h6-7,9,14H,1-5,8,10,17H2,(H,18,19,20). The van der Waals surface area contributed by atoms with Crippen molar-refractivity contribution < 1.29 is 0 Å². The molecule has 2 aromatic rings. The van der Waals surface area contributed by atoms with Crippen LogP contribution in [0.4, 0.5) is 5.95 Å². The maximum absolute atomic E-state index is 6.03. The number of H-pyrrole nitrogens is 1. The third-order valence-corrected chi connectivity index (χ3v) is 4.59. The predicted octanol–water partition coefficient (Wildman–Crippen LogP) is 1.89. The van der Waals surface area contributed by atoms with Crippen LogP contribution in [0.15, 0.2) is 18.2 Å². The summed E-state index contributed by atoms with van der Waals surface area (Å²) in [4.78, 5) is 6.85. The summed E-state index contributed by atoms with van der Waals surface area (Å²) in [6.07, 6.45) is 5.88. The van der Waals surface area contributed by atoms with E-state index in [1.165, 1.54) is 30.4 Å². The molecule has 1 atom stereocenters. The number of fused-ring (bicyclic) bond motifs is 1. The van der Waals surface area contributed by atoms with Crippen LogP contribution < -0.4 is 10.6 Å². The van der Waals surface area contributed by atoms with Gasteiger partial charge in [0.25, 0.3) is 0 Å². The molecule has 1 aliphatic heterocycles. The van der Waals surface area contributed by atoms with E-state index in [-0.39, 0.29) is 6.04 Å². The fourth-order valence-electron chi connectivity index (χ4n) is 3.43. The average molecular weight is 283 g/mol. The second kappa shape index (κ2) is 5.15. The second-order valence-corrected chi connectivity index (χ2v) is 6.17. The van der Waals surface area contributed by atoms with E-state index in [4.69, 9.17) is 5.73 Å². The van der Waals surface area contributed by atoms with E-state index in [2.05, 4.69) is 38.3 Å². The molecule has 0 spiro atoms. The zero-order chi connectivity index (χ0) is 14.2. The molecule has 0 bridgehead atoms. The van der Waals surface area contributed by atoms with Gasteiger partial charge in [-0.3, -0.25) is 5.10 Å². The molecule has 1 fully saturated rings. The third kappa shape index (κ3) is 2.42. The first kappa shape index (κ1) is 12.8. The maximum atomic E-state index is 6.03. The van der Waals surface area contributed by atoms with Gasteiger partial charge in [-0.2, -0.15) is 4.98 Å². The lowest BCUT2D eigenvalue weighted by atomic mass is 10.1. The van der Waals surface area contributed by atoms with Gasteiger partial charge in [0.2, 0.25) is 5.95 Å². The molecular weight excluding hydrogens is 262 g/mol. The molecule has 0 amide bonds. The van der Waals surface area contributed by atoms with Crippen molar-refractivity contribution in [3.63, 3.8) is 0 Å². The summed E-state index contributed by atoms with van der Waals surface area (Å²) in [7, 11) is 0. The van der Waals surface area contributed by atoms with E-state index in [9.17, 15) is 0 Å². The number of hydrogen-bond acceptors (Lipinski definition) is 4. The molecule has 5 nitrogen and oxygen atoms in total. The van der Waals surface area contributed by atoms with Gasteiger partial charge < -0.3 is 10.6 Å². The van der Waals surface area contributed by atoms with Crippen molar-refractivity contribution in [3.8, 4) is 11.4 Å². The first-order valence-electron chi connectivity index (χ1n) is 7.85. The topological polar surface area (TPSA) is 70.8 Å². The minimum absolute atomic E-state index is 0.237. The number of aromatic amines is 1. The third-order valence-electron chi connectivity index (χ3n) is 4.59. The quantitative estimate of drug-likeness (QED) is 0.883. The zero-order valence-electron chi connectivity index (χ0n) is 12.2. The minimum atomic E-state index is 0.237. The SMILES string of the molecule is NC1CCCN(c2n[nH]c(-c3ccc4c(c3)CCC4)n2)C1. The molecule has 0 saturated carbocycles. The van der Waals surface area contributed by atoms with Gasteiger partial charge in [0, 0.05) is 24.7 Å². The largest absolute Gasteiger partial charge is 0.338 e. The summed E-state index contributed by atoms with van der Waals surface area (Å²) in [5.74, 6) is 1.64. The highest BCUT2D eigenvalue weighted by atomic mass is 15.4. The van der Waals surface area contributed by atoms with Gasteiger partial charge in [-0.25, -0.2) is 0 Å². The number of nitrogens with one attached hydrogen (secondary N) is 1. The highest BCUT2D eigenvalue weighted by molar-refractivity contribution is 5.59. The lowest BCUT2D eigenvalue weighted by Crippen LogP contribution is -2.43. The molecule has 110 valence electrons. The molecular formula is C16H21N5. The smallest absolute Gasteiger partial charge is 0.245 e. The Bertz CT molecular complexity index is 648. The number of nitrogens with zero attached hydrogens (tertiary/aromatic N) is 3. The fraction of sp³-hybridized carbons (Fsp3) is 0.500. The van der Waals surface area contributed by atoms with Crippen LogP contribution in [0.25, 0.3) is 11.4 Å². The van der Waals surface area contributed by atoms with Crippen LogP contribution in [0.3, 0.4) is 0 Å². The number of anilines is 1. The normalized spacial score (nSPS) is 21.6. The molecule has 1 aromatic carbocycles. The maximum Gasteiger partial charge on any atom is 0.245 e. The molecule has 3 N–H and O–H groups in total. The number of nitrogens with two attached hydrogens (primary N) is 1. The van der Waals surface area contributed by atoms with Gasteiger partial charge in [-0.05, 0) is 49.3 Å². The number of hydrogen-bond donors (Lipinski definition) is 2. The van der Waals surface area contributed by atoms with Gasteiger partial charge in [0.1, 0.15) is 0 Å². The van der Waals surface area contributed by atoms with E-state index in [0.29, 0.717) is 0 Å². The average Bonchev–Trinajstić information content (AvgIpc) is 3.15. The van der Waals surface area contributed by atoms with E-state index in [0.717, 1.165) is 43.3 Å². The first-order chi connectivity index (χ1) is 10.3. The number of piperidine rings is 1. The number of aryl methyl sites for hydroxylation is 2. The molecule has 1 aromatic heterocycles. The summed E-state index contributed by atoms with van der Waals surface area (Å²) in [5.41, 5.74) is 10.1. The summed E-state index contributed by atoms with van der Waals surface area (Å²) in [6, 6.07) is 6.88. The Morgan fingerprint density at radius 1 is 1.19 bits per heavy atom. The molecule has 1 saturated heterocycles. The van der Waals surface area contributed by atoms with E-state index >= 15 is 0 Å². The van der Waals surface area contributed by atoms with Crippen molar-refractivity contribution in [2.45, 2.75) is 38.1 Å². The summed E-state index contributed by atoms with van der Waals surface area (Å²) in [6.45, 7) is 1.84. The molecule has 21 heavy (non-hydrogen) atoms. The van der Waals surface area contributed by atoms with Gasteiger partial charge in [-0.15, -0.1) is 5.10 Å². The van der Waals surface area contributed by atoms with Crippen molar-refractivity contribution in [1.29, 1.82) is 0 Å². The molecule has 1 unspecified atom stereocenters. The molecule has 4 rings (SSSR count). The Hall–Kier alpha value is -1.88. The molecule has 5 heteroatoms. The first-order valence-corrected chi connectivity index (χ1v) is 7.85. The van der Waals surface area contributed by atoms with E-state index in [1.54, 1.807) is 0 Å². The highest BCUT2D eigenvalue weighted by Crippen LogP contribution is 2.27. The molecule has 2 aliphatic rings. The van der Waals surface area contributed by atoms with E-state index < -0.39 is 0 Å². The van der Waals surface area contributed by atoms with Gasteiger partial charge in [0.05, 0.1) is 0 Å². The van der Waals surface area contributed by atoms with Crippen molar-refractivity contribution in [1.82, 2.24) is 15.2 Å². The zero-order valence-corrected chi connectivity index (χ0v) is 12.2. The Kier molecular flexibility index (Phi) is 3.15. The van der Waals surface area contributed by atoms with Crippen molar-refractivity contribution in [2.24, 2.45) is 5.73 Å². The van der Waals surface area contributed by atoms with Crippen LogP contribution in [0.1, 0.15) is 30.4 Å². The van der Waals surface area contributed by atoms with Gasteiger partial charge in [0.15, 0.2) is 5.82 Å². The van der Waals surface area contributed by atoms with Crippen molar-refractivity contribution in [3.05, 3.63) is 29.3 Å². The van der Waals surface area contributed by atoms with Crippen LogP contribution in [0, 0.1) is 0 Å². The molecule has 0 radical (unpaired) electrons. The van der Waals surface area contributed by atoms with E-state index in [1.807, 2.05) is 0 Å². The Balaban J connectivity index is 1.59. The van der Waals surface area contributed by atoms with Crippen LogP contribution >= 0.6 is 0 Å². The van der Waals surface area contributed by atoms with Crippen molar-refractivity contribution in [2.75, 3.05) is 18.0 Å². The second-order valence-electron chi connectivity index (χ2n) is 6.17. The van der Waals surface area contributed by atoms with Crippen molar-refractivity contribution >= 4 is 5.95 Å². The predicted molar refractivity (Wildman–Crippen MR) is 83.3 cm³/mol. The lowest BCUT2D eigenvalue weighted by molar-refractivity contribution is 0.500. The van der Waals surface area contributed by atoms with Gasteiger partial charge >= 0.3 is 0 Å². The number of benzene rings is 1. The lowest BCUT2D eigenvalue weighted by Gasteiger charge is -2.29. The number of aromatic nitrogens is 3. The molecule has 2 heterocycles. The fourth-order valence-corrected chi connectivity index (χ4v) is 3.43. The summed E-state index contributed by atoms with van der Waals surface area (Å²) in [5, 5.41) is 7.46. The monoisotopic (exact) mass is 283 g/mol. The minimum Gasteiger partial charge on any atom is -0.338 e. The highest BCUT2D eigenvalue weighted by Gasteiger charge is 2.20. The Morgan fingerprint density at radius 2 is 2.10 bits per heavy atom. The summed E-state index contributed by atoms with van der Waals surface area (Å²) < 4.78 is 0. The number of rotatable bonds is 2. The van der Waals surface area contributed by atoms with Crippen LogP contribution in [0.2, 0.25) is 0 Å². The molecule has 1 aliphatic carbocycles. The van der Waals surface area contributed by atoms with Gasteiger partial charge in [-0.1, -0.05) is 12.1 Å².